The Hall–Kier alpha value is -3.11. The number of halogens is 6. The summed E-state index contributed by atoms with van der Waals surface area (Å²) in [5, 5.41) is 0. The van der Waals surface area contributed by atoms with Crippen LogP contribution in [0.5, 0.6) is 11.5 Å². The second kappa shape index (κ2) is 7.86. The van der Waals surface area contributed by atoms with E-state index in [9.17, 15) is 31.1 Å². The molecule has 0 saturated heterocycles. The van der Waals surface area contributed by atoms with E-state index >= 15 is 0 Å². The van der Waals surface area contributed by atoms with Gasteiger partial charge in [0.15, 0.2) is 0 Å². The van der Waals surface area contributed by atoms with E-state index in [0.29, 0.717) is 11.4 Å². The van der Waals surface area contributed by atoms with Crippen molar-refractivity contribution in [3.8, 4) is 11.5 Å². The molecule has 1 unspecified atom stereocenters. The highest BCUT2D eigenvalue weighted by Crippen LogP contribution is 2.49. The Morgan fingerprint density at radius 1 is 0.935 bits per heavy atom. The molecule has 0 N–H and O–H groups in total. The van der Waals surface area contributed by atoms with Crippen molar-refractivity contribution in [1.82, 2.24) is 0 Å². The van der Waals surface area contributed by atoms with Crippen LogP contribution < -0.4 is 14.4 Å². The van der Waals surface area contributed by atoms with Gasteiger partial charge in [0.2, 0.25) is 0 Å². The quantitative estimate of drug-likeness (QED) is 0.478. The summed E-state index contributed by atoms with van der Waals surface area (Å²) < 4.78 is 93.1. The van der Waals surface area contributed by atoms with Crippen molar-refractivity contribution in [1.29, 1.82) is 0 Å². The van der Waals surface area contributed by atoms with Crippen LogP contribution in [0.15, 0.2) is 36.4 Å². The molecule has 0 aromatic heterocycles. The van der Waals surface area contributed by atoms with Gasteiger partial charge in [-0.3, -0.25) is 4.79 Å². The van der Waals surface area contributed by atoms with Gasteiger partial charge in [-0.1, -0.05) is 0 Å². The zero-order valence-corrected chi connectivity index (χ0v) is 16.5. The molecule has 0 amide bonds. The van der Waals surface area contributed by atoms with Gasteiger partial charge in [-0.25, -0.2) is 8.78 Å². The smallest absolute Gasteiger partial charge is 0.466 e. The minimum Gasteiger partial charge on any atom is -0.497 e. The van der Waals surface area contributed by atoms with Crippen LogP contribution in [0.1, 0.15) is 17.0 Å². The highest BCUT2D eigenvalue weighted by molar-refractivity contribution is 5.92. The first-order valence-electron chi connectivity index (χ1n) is 8.80. The average Bonchev–Trinajstić information content (AvgIpc) is 2.71. The molecule has 1 heterocycles. The van der Waals surface area contributed by atoms with E-state index in [1.54, 1.807) is 24.1 Å². The number of esters is 1. The average molecular weight is 449 g/mol. The van der Waals surface area contributed by atoms with Crippen molar-refractivity contribution in [2.75, 3.05) is 26.2 Å². The molecule has 2 aromatic carbocycles. The van der Waals surface area contributed by atoms with E-state index in [1.807, 2.05) is 0 Å². The summed E-state index contributed by atoms with van der Waals surface area (Å²) in [6, 6.07) is 8.83. The van der Waals surface area contributed by atoms with Crippen LogP contribution in [0.25, 0.3) is 0 Å². The number of carbonyl (C=O) groups is 1. The molecule has 0 fully saturated rings. The van der Waals surface area contributed by atoms with Crippen LogP contribution in [0.4, 0.5) is 37.7 Å². The van der Waals surface area contributed by atoms with Gasteiger partial charge in [-0.2, -0.15) is 17.6 Å². The number of ether oxygens (including phenoxy) is 3. The minimum atomic E-state index is -6.14. The van der Waals surface area contributed by atoms with Gasteiger partial charge < -0.3 is 19.1 Å². The number of benzene rings is 2. The fourth-order valence-electron chi connectivity index (χ4n) is 3.38. The molecule has 1 atom stereocenters. The highest BCUT2D eigenvalue weighted by Gasteiger charge is 2.67. The van der Waals surface area contributed by atoms with Crippen LogP contribution >= 0.6 is 0 Å². The maximum absolute atomic E-state index is 14.2. The lowest BCUT2D eigenvalue weighted by molar-refractivity contribution is -0.356. The molecule has 0 spiro atoms. The van der Waals surface area contributed by atoms with Crippen molar-refractivity contribution < 1.29 is 45.3 Å². The summed E-state index contributed by atoms with van der Waals surface area (Å²) in [6.45, 7) is 0. The van der Waals surface area contributed by atoms with Crippen molar-refractivity contribution in [2.45, 2.75) is 24.4 Å². The van der Waals surface area contributed by atoms with Crippen LogP contribution in [0.2, 0.25) is 0 Å². The second-order valence-corrected chi connectivity index (χ2v) is 6.71. The number of hydrogen-bond acceptors (Lipinski definition) is 5. The molecule has 11 heteroatoms. The molecule has 168 valence electrons. The lowest BCUT2D eigenvalue weighted by Gasteiger charge is -2.36. The number of nitrogens with zero attached hydrogens (tertiary/aromatic N) is 1. The predicted octanol–water partition coefficient (Wildman–Crippen LogP) is 4.95. The number of hydrogen-bond donors (Lipinski definition) is 0. The maximum Gasteiger partial charge on any atom is 0.466 e. The van der Waals surface area contributed by atoms with E-state index in [2.05, 4.69) is 4.74 Å². The zero-order valence-electron chi connectivity index (χ0n) is 16.5. The molecule has 0 saturated carbocycles. The molecule has 5 nitrogen and oxygen atoms in total. The van der Waals surface area contributed by atoms with Gasteiger partial charge in [0.05, 0.1) is 14.2 Å². The lowest BCUT2D eigenvalue weighted by atomic mass is 9.84. The lowest BCUT2D eigenvalue weighted by Crippen LogP contribution is -2.51. The number of alkyl halides is 6. The molecule has 31 heavy (non-hydrogen) atoms. The third kappa shape index (κ3) is 3.72. The first-order chi connectivity index (χ1) is 14.4. The van der Waals surface area contributed by atoms with E-state index in [0.717, 1.165) is 0 Å². The van der Waals surface area contributed by atoms with Crippen molar-refractivity contribution in [3.05, 3.63) is 47.5 Å². The SMILES string of the molecule is COc1ccc2c(c1)C(C(=O)OC(F)(C(F)F)C(F)(F)F)c1cc(OC)ccc1N2C. The summed E-state index contributed by atoms with van der Waals surface area (Å²) in [6.07, 6.45) is -10.8. The van der Waals surface area contributed by atoms with Gasteiger partial charge in [0.1, 0.15) is 17.4 Å². The Morgan fingerprint density at radius 3 is 1.74 bits per heavy atom. The summed E-state index contributed by atoms with van der Waals surface area (Å²) >= 11 is 0. The van der Waals surface area contributed by atoms with Crippen LogP contribution in [0, 0.1) is 0 Å². The van der Waals surface area contributed by atoms with Gasteiger partial charge in [0.25, 0.3) is 0 Å². The third-order valence-corrected chi connectivity index (χ3v) is 4.97. The summed E-state index contributed by atoms with van der Waals surface area (Å²) in [5.41, 5.74) is 0.917. The number of fused-ring (bicyclic) bond motifs is 2. The van der Waals surface area contributed by atoms with Crippen LogP contribution in [-0.4, -0.2) is 45.7 Å². The predicted molar refractivity (Wildman–Crippen MR) is 97.9 cm³/mol. The molecule has 3 rings (SSSR count). The summed E-state index contributed by atoms with van der Waals surface area (Å²) in [7, 11) is 4.28. The number of anilines is 2. The fourth-order valence-corrected chi connectivity index (χ4v) is 3.38. The molecule has 0 bridgehead atoms. The zero-order chi connectivity index (χ0) is 23.1. The van der Waals surface area contributed by atoms with Gasteiger partial charge >= 0.3 is 24.4 Å². The molecule has 2 aromatic rings. The first kappa shape index (κ1) is 22.6. The fraction of sp³-hybridized carbons (Fsp3) is 0.350. The van der Waals surface area contributed by atoms with Crippen molar-refractivity contribution >= 4 is 17.3 Å². The number of methoxy groups -OCH3 is 2. The van der Waals surface area contributed by atoms with E-state index in [4.69, 9.17) is 9.47 Å². The minimum absolute atomic E-state index is 0.0893. The number of rotatable bonds is 5. The normalized spacial score (nSPS) is 15.7. The second-order valence-electron chi connectivity index (χ2n) is 6.71. The highest BCUT2D eigenvalue weighted by atomic mass is 19.4. The van der Waals surface area contributed by atoms with Gasteiger partial charge in [-0.05, 0) is 47.5 Å². The van der Waals surface area contributed by atoms with Crippen molar-refractivity contribution in [2.24, 2.45) is 0 Å². The molecular formula is C20H17F6NO4. The van der Waals surface area contributed by atoms with E-state index in [1.165, 1.54) is 38.5 Å². The molecule has 1 aliphatic heterocycles. The first-order valence-corrected chi connectivity index (χ1v) is 8.80. The Balaban J connectivity index is 2.19. The Labute approximate surface area is 173 Å². The molecule has 0 aliphatic carbocycles. The van der Waals surface area contributed by atoms with E-state index < -0.39 is 30.3 Å². The van der Waals surface area contributed by atoms with Crippen LogP contribution in [0.3, 0.4) is 0 Å². The molecular weight excluding hydrogens is 432 g/mol. The van der Waals surface area contributed by atoms with Crippen LogP contribution in [-0.2, 0) is 9.53 Å². The Kier molecular flexibility index (Phi) is 5.72. The molecule has 0 radical (unpaired) electrons. The largest absolute Gasteiger partial charge is 0.497 e. The standard InChI is InChI=1S/C20H17F6NO4/c1-27-14-6-4-10(29-2)8-12(14)16(13-9-11(30-3)5-7-15(13)27)17(28)31-19(23,18(21)22)20(24,25)26/h4-9,16,18H,1-3H3. The summed E-state index contributed by atoms with van der Waals surface area (Å²) in [5.74, 6) is -8.47. The third-order valence-electron chi connectivity index (χ3n) is 4.97. The molecule has 1 aliphatic rings. The summed E-state index contributed by atoms with van der Waals surface area (Å²) in [4.78, 5) is 14.4. The monoisotopic (exact) mass is 449 g/mol. The van der Waals surface area contributed by atoms with Crippen molar-refractivity contribution in [3.63, 3.8) is 0 Å². The van der Waals surface area contributed by atoms with Gasteiger partial charge in [-0.15, -0.1) is 0 Å². The Morgan fingerprint density at radius 2 is 1.39 bits per heavy atom. The number of carbonyl (C=O) groups excluding carboxylic acids is 1. The van der Waals surface area contributed by atoms with Gasteiger partial charge in [0, 0.05) is 18.4 Å². The topological polar surface area (TPSA) is 48.0 Å². The van der Waals surface area contributed by atoms with E-state index in [-0.39, 0.29) is 22.6 Å². The Bertz CT molecular complexity index is 941. The maximum atomic E-state index is 14.2.